The normalized spacial score (nSPS) is 12.2. The highest BCUT2D eigenvalue weighted by Gasteiger charge is 2.22. The molecule has 0 amide bonds. The molecule has 9 heteroatoms. The summed E-state index contributed by atoms with van der Waals surface area (Å²) in [5.41, 5.74) is -0.167. The number of aromatic nitrogens is 1. The van der Waals surface area contributed by atoms with Crippen LogP contribution in [0.3, 0.4) is 0 Å². The van der Waals surface area contributed by atoms with Gasteiger partial charge in [0.25, 0.3) is 5.69 Å². The van der Waals surface area contributed by atoms with Crippen LogP contribution in [0.2, 0.25) is 0 Å². The lowest BCUT2D eigenvalue weighted by Crippen LogP contribution is -2.47. The summed E-state index contributed by atoms with van der Waals surface area (Å²) in [7, 11) is -3.31. The number of nitro groups is 1. The fourth-order valence-electron chi connectivity index (χ4n) is 1.69. The van der Waals surface area contributed by atoms with Crippen LogP contribution in [0.5, 0.6) is 0 Å². The minimum atomic E-state index is -3.31. The summed E-state index contributed by atoms with van der Waals surface area (Å²) in [6.07, 6.45) is 2.25. The molecule has 1 rings (SSSR count). The van der Waals surface area contributed by atoms with Gasteiger partial charge in [-0.3, -0.25) is 10.1 Å². The van der Waals surface area contributed by atoms with Crippen molar-refractivity contribution in [1.29, 1.82) is 0 Å². The van der Waals surface area contributed by atoms with Gasteiger partial charge in [-0.2, -0.15) is 0 Å². The van der Waals surface area contributed by atoms with Crippen molar-refractivity contribution >= 4 is 21.5 Å². The number of nitrogens with one attached hydrogen (secondary N) is 2. The lowest BCUT2D eigenvalue weighted by atomic mass is 10.1. The fraction of sp³-hybridized carbons (Fsp3) is 0.545. The standard InChI is InChI=1S/C11H18N4O4S/c1-8-5-9(15(16)17)6-12-10(8)13-7-11(2,3)14-20(4,18)19/h5-6,14H,7H2,1-4H3,(H,12,13). The van der Waals surface area contributed by atoms with Gasteiger partial charge in [-0.05, 0) is 26.3 Å². The zero-order valence-electron chi connectivity index (χ0n) is 11.8. The molecule has 0 bridgehead atoms. The van der Waals surface area contributed by atoms with Crippen LogP contribution in [-0.4, -0.2) is 36.7 Å². The molecule has 1 aromatic heterocycles. The number of rotatable bonds is 6. The molecular weight excluding hydrogens is 284 g/mol. The first-order chi connectivity index (χ1) is 9.00. The van der Waals surface area contributed by atoms with E-state index in [-0.39, 0.29) is 5.69 Å². The summed E-state index contributed by atoms with van der Waals surface area (Å²) in [6.45, 7) is 5.44. The number of anilines is 1. The Bertz CT molecular complexity index is 613. The first kappa shape index (κ1) is 16.3. The van der Waals surface area contributed by atoms with Crippen molar-refractivity contribution in [2.45, 2.75) is 26.3 Å². The van der Waals surface area contributed by atoms with E-state index in [4.69, 9.17) is 0 Å². The first-order valence-corrected chi connectivity index (χ1v) is 7.73. The van der Waals surface area contributed by atoms with E-state index in [1.807, 2.05) is 0 Å². The molecule has 0 unspecified atom stereocenters. The summed E-state index contributed by atoms with van der Waals surface area (Å²) in [6, 6.07) is 1.41. The van der Waals surface area contributed by atoms with Gasteiger partial charge in [-0.1, -0.05) is 0 Å². The van der Waals surface area contributed by atoms with E-state index in [0.29, 0.717) is 17.9 Å². The highest BCUT2D eigenvalue weighted by Crippen LogP contribution is 2.18. The van der Waals surface area contributed by atoms with Gasteiger partial charge in [0.05, 0.1) is 11.2 Å². The molecular formula is C11H18N4O4S. The third-order valence-corrected chi connectivity index (χ3v) is 3.36. The molecule has 0 aliphatic carbocycles. The van der Waals surface area contributed by atoms with Crippen molar-refractivity contribution in [1.82, 2.24) is 9.71 Å². The Labute approximate surface area is 117 Å². The zero-order valence-corrected chi connectivity index (χ0v) is 12.6. The van der Waals surface area contributed by atoms with Crippen molar-refractivity contribution < 1.29 is 13.3 Å². The van der Waals surface area contributed by atoms with Crippen LogP contribution >= 0.6 is 0 Å². The minimum absolute atomic E-state index is 0.0819. The molecule has 112 valence electrons. The summed E-state index contributed by atoms with van der Waals surface area (Å²) >= 11 is 0. The van der Waals surface area contributed by atoms with Gasteiger partial charge in [0, 0.05) is 18.2 Å². The molecule has 0 atom stereocenters. The highest BCUT2D eigenvalue weighted by atomic mass is 32.2. The molecule has 0 saturated heterocycles. The Morgan fingerprint density at radius 2 is 2.05 bits per heavy atom. The maximum Gasteiger partial charge on any atom is 0.287 e. The van der Waals surface area contributed by atoms with Crippen LogP contribution in [-0.2, 0) is 10.0 Å². The predicted molar refractivity (Wildman–Crippen MR) is 76.2 cm³/mol. The minimum Gasteiger partial charge on any atom is -0.368 e. The van der Waals surface area contributed by atoms with E-state index in [9.17, 15) is 18.5 Å². The maximum atomic E-state index is 11.2. The second-order valence-electron chi connectivity index (χ2n) is 5.23. The van der Waals surface area contributed by atoms with E-state index in [2.05, 4.69) is 15.0 Å². The van der Waals surface area contributed by atoms with Gasteiger partial charge >= 0.3 is 0 Å². The van der Waals surface area contributed by atoms with E-state index in [1.165, 1.54) is 6.07 Å². The van der Waals surface area contributed by atoms with Gasteiger partial charge in [0.1, 0.15) is 12.0 Å². The number of hydrogen-bond donors (Lipinski definition) is 2. The Morgan fingerprint density at radius 3 is 2.50 bits per heavy atom. The Hall–Kier alpha value is -1.74. The van der Waals surface area contributed by atoms with E-state index in [1.54, 1.807) is 20.8 Å². The van der Waals surface area contributed by atoms with Gasteiger partial charge in [0.15, 0.2) is 0 Å². The van der Waals surface area contributed by atoms with Crippen molar-refractivity contribution in [3.8, 4) is 0 Å². The van der Waals surface area contributed by atoms with Crippen LogP contribution in [0.25, 0.3) is 0 Å². The predicted octanol–water partition coefficient (Wildman–Crippen LogP) is 1.04. The Balaban J connectivity index is 2.78. The molecule has 0 spiro atoms. The molecule has 0 aliphatic heterocycles. The number of nitrogens with zero attached hydrogens (tertiary/aromatic N) is 2. The third kappa shape index (κ3) is 5.10. The van der Waals surface area contributed by atoms with Gasteiger partial charge in [-0.15, -0.1) is 0 Å². The summed E-state index contributed by atoms with van der Waals surface area (Å²) in [4.78, 5) is 14.1. The summed E-state index contributed by atoms with van der Waals surface area (Å²) in [5, 5.41) is 13.6. The van der Waals surface area contributed by atoms with Gasteiger partial charge in [0.2, 0.25) is 10.0 Å². The monoisotopic (exact) mass is 302 g/mol. The van der Waals surface area contributed by atoms with Crippen LogP contribution in [0.1, 0.15) is 19.4 Å². The van der Waals surface area contributed by atoms with Crippen molar-refractivity contribution in [2.24, 2.45) is 0 Å². The van der Waals surface area contributed by atoms with Gasteiger partial charge < -0.3 is 5.32 Å². The average molecular weight is 302 g/mol. The van der Waals surface area contributed by atoms with E-state index in [0.717, 1.165) is 12.5 Å². The van der Waals surface area contributed by atoms with E-state index < -0.39 is 20.5 Å². The second-order valence-corrected chi connectivity index (χ2v) is 6.98. The largest absolute Gasteiger partial charge is 0.368 e. The molecule has 0 aliphatic rings. The van der Waals surface area contributed by atoms with Crippen molar-refractivity contribution in [3.05, 3.63) is 27.9 Å². The Kier molecular flexibility index (Phi) is 4.66. The van der Waals surface area contributed by atoms with Crippen molar-refractivity contribution in [2.75, 3.05) is 18.1 Å². The molecule has 0 fully saturated rings. The lowest BCUT2D eigenvalue weighted by Gasteiger charge is -2.25. The number of sulfonamides is 1. The topological polar surface area (TPSA) is 114 Å². The molecule has 1 heterocycles. The van der Waals surface area contributed by atoms with Gasteiger partial charge in [-0.25, -0.2) is 18.1 Å². The van der Waals surface area contributed by atoms with Crippen LogP contribution < -0.4 is 10.0 Å². The lowest BCUT2D eigenvalue weighted by molar-refractivity contribution is -0.385. The highest BCUT2D eigenvalue weighted by molar-refractivity contribution is 7.88. The number of pyridine rings is 1. The van der Waals surface area contributed by atoms with Crippen LogP contribution in [0.4, 0.5) is 11.5 Å². The molecule has 0 aromatic carbocycles. The molecule has 0 saturated carbocycles. The number of aryl methyl sites for hydroxylation is 1. The molecule has 20 heavy (non-hydrogen) atoms. The molecule has 8 nitrogen and oxygen atoms in total. The zero-order chi connectivity index (χ0) is 15.6. The molecule has 2 N–H and O–H groups in total. The average Bonchev–Trinajstić information content (AvgIpc) is 2.23. The first-order valence-electron chi connectivity index (χ1n) is 5.84. The van der Waals surface area contributed by atoms with E-state index >= 15 is 0 Å². The summed E-state index contributed by atoms with van der Waals surface area (Å²) in [5.74, 6) is 0.485. The fourth-order valence-corrected chi connectivity index (χ4v) is 2.76. The third-order valence-electron chi connectivity index (χ3n) is 2.43. The molecule has 0 radical (unpaired) electrons. The SMILES string of the molecule is Cc1cc([N+](=O)[O-])cnc1NCC(C)(C)NS(C)(=O)=O. The Morgan fingerprint density at radius 1 is 1.45 bits per heavy atom. The quantitative estimate of drug-likeness (QED) is 0.599. The van der Waals surface area contributed by atoms with Crippen LogP contribution in [0.15, 0.2) is 12.3 Å². The number of hydrogen-bond acceptors (Lipinski definition) is 6. The van der Waals surface area contributed by atoms with Crippen LogP contribution in [0, 0.1) is 17.0 Å². The smallest absolute Gasteiger partial charge is 0.287 e. The maximum absolute atomic E-state index is 11.2. The molecule has 1 aromatic rings. The second kappa shape index (κ2) is 5.71. The summed E-state index contributed by atoms with van der Waals surface area (Å²) < 4.78 is 24.9. The van der Waals surface area contributed by atoms with Crippen molar-refractivity contribution in [3.63, 3.8) is 0 Å².